The smallest absolute Gasteiger partial charge is 0.340 e. The van der Waals surface area contributed by atoms with Crippen LogP contribution in [0, 0.1) is 0 Å². The van der Waals surface area contributed by atoms with Gasteiger partial charge in [-0.2, -0.15) is 0 Å². The van der Waals surface area contributed by atoms with Gasteiger partial charge in [0.05, 0.1) is 31.0 Å². The van der Waals surface area contributed by atoms with Gasteiger partial charge in [0, 0.05) is 6.42 Å². The number of aryl methyl sites for hydroxylation is 1. The summed E-state index contributed by atoms with van der Waals surface area (Å²) in [6.45, 7) is -0.681. The van der Waals surface area contributed by atoms with Gasteiger partial charge in [0.2, 0.25) is 5.91 Å². The van der Waals surface area contributed by atoms with Crippen molar-refractivity contribution in [1.82, 2.24) is 5.32 Å². The number of esters is 1. The molecule has 3 rings (SSSR count). The lowest BCUT2D eigenvalue weighted by Gasteiger charge is -2.11. The number of benzene rings is 3. The monoisotopic (exact) mass is 490 g/mol. The fraction of sp³-hybridized carbons (Fsp3) is 0.185. The molecule has 0 spiro atoms. The minimum atomic E-state index is -0.819. The van der Waals surface area contributed by atoms with Crippen molar-refractivity contribution in [3.05, 3.63) is 89.5 Å². The van der Waals surface area contributed by atoms with Crippen LogP contribution < -0.4 is 20.1 Å². The van der Waals surface area contributed by atoms with E-state index in [1.54, 1.807) is 43.5 Å². The second kappa shape index (κ2) is 12.7. The summed E-state index contributed by atoms with van der Waals surface area (Å²) in [5.41, 5.74) is 1.47. The van der Waals surface area contributed by atoms with Crippen LogP contribution in [0.3, 0.4) is 0 Å². The lowest BCUT2D eigenvalue weighted by molar-refractivity contribution is -0.123. The molecule has 0 aromatic heterocycles. The first kappa shape index (κ1) is 26.0. The normalized spacial score (nSPS) is 10.2. The van der Waals surface area contributed by atoms with Gasteiger partial charge in [-0.05, 0) is 48.4 Å². The van der Waals surface area contributed by atoms with Gasteiger partial charge in [-0.1, -0.05) is 36.4 Å². The molecule has 0 saturated carbocycles. The zero-order chi connectivity index (χ0) is 25.9. The van der Waals surface area contributed by atoms with Crippen molar-refractivity contribution < 1.29 is 33.4 Å². The Labute approximate surface area is 208 Å². The average Bonchev–Trinajstić information content (AvgIpc) is 2.91. The van der Waals surface area contributed by atoms with Crippen LogP contribution >= 0.6 is 0 Å². The highest BCUT2D eigenvalue weighted by Gasteiger charge is 2.18. The first-order valence-electron chi connectivity index (χ1n) is 11.1. The van der Waals surface area contributed by atoms with Crippen LogP contribution in [0.2, 0.25) is 0 Å². The molecule has 0 heterocycles. The maximum atomic E-state index is 12.6. The summed E-state index contributed by atoms with van der Waals surface area (Å²) in [5, 5.41) is 4.86. The van der Waals surface area contributed by atoms with E-state index in [1.165, 1.54) is 19.2 Å². The van der Waals surface area contributed by atoms with Crippen molar-refractivity contribution in [2.75, 3.05) is 26.1 Å². The first-order valence-corrected chi connectivity index (χ1v) is 11.1. The molecule has 0 saturated heterocycles. The Bertz CT molecular complexity index is 1240. The number of imide groups is 1. The Hall–Kier alpha value is -4.66. The van der Waals surface area contributed by atoms with E-state index in [4.69, 9.17) is 14.2 Å². The fourth-order valence-corrected chi connectivity index (χ4v) is 3.30. The highest BCUT2D eigenvalue weighted by molar-refractivity contribution is 6.07. The maximum Gasteiger partial charge on any atom is 0.340 e. The summed E-state index contributed by atoms with van der Waals surface area (Å²) < 4.78 is 15.3. The van der Waals surface area contributed by atoms with Crippen molar-refractivity contribution in [2.45, 2.75) is 12.8 Å². The molecule has 3 aromatic rings. The number of carbonyl (C=O) groups excluding carboxylic acids is 4. The SMILES string of the molecule is COc1ccc(CCC(=O)Nc2ccccc2C(=O)OCC(=O)NC(=O)c2ccccc2OC)cc1. The van der Waals surface area contributed by atoms with Gasteiger partial charge in [0.1, 0.15) is 11.5 Å². The molecule has 0 aliphatic carbocycles. The summed E-state index contributed by atoms with van der Waals surface area (Å²) in [6.07, 6.45) is 0.700. The molecule has 2 N–H and O–H groups in total. The Kier molecular flexibility index (Phi) is 9.16. The number of para-hydroxylation sites is 2. The predicted molar refractivity (Wildman–Crippen MR) is 132 cm³/mol. The Morgan fingerprint density at radius 2 is 1.42 bits per heavy atom. The second-order valence-corrected chi connectivity index (χ2v) is 7.60. The number of methoxy groups -OCH3 is 2. The van der Waals surface area contributed by atoms with E-state index in [9.17, 15) is 19.2 Å². The van der Waals surface area contributed by atoms with Crippen molar-refractivity contribution >= 4 is 29.4 Å². The third-order valence-corrected chi connectivity index (χ3v) is 5.16. The number of rotatable bonds is 10. The number of anilines is 1. The molecule has 3 aromatic carbocycles. The van der Waals surface area contributed by atoms with Crippen LogP contribution in [0.25, 0.3) is 0 Å². The number of hydrogen-bond donors (Lipinski definition) is 2. The van der Waals surface area contributed by atoms with Gasteiger partial charge < -0.3 is 19.5 Å². The van der Waals surface area contributed by atoms with Crippen molar-refractivity contribution in [3.63, 3.8) is 0 Å². The molecule has 0 unspecified atom stereocenters. The highest BCUT2D eigenvalue weighted by Crippen LogP contribution is 2.19. The van der Waals surface area contributed by atoms with E-state index in [-0.39, 0.29) is 29.1 Å². The number of nitrogens with one attached hydrogen (secondary N) is 2. The van der Waals surface area contributed by atoms with Crippen LogP contribution in [0.4, 0.5) is 5.69 Å². The van der Waals surface area contributed by atoms with E-state index >= 15 is 0 Å². The molecule has 186 valence electrons. The average molecular weight is 491 g/mol. The van der Waals surface area contributed by atoms with Gasteiger partial charge in [0.15, 0.2) is 6.61 Å². The summed E-state index contributed by atoms with van der Waals surface area (Å²) >= 11 is 0. The molecule has 0 radical (unpaired) electrons. The van der Waals surface area contributed by atoms with Crippen molar-refractivity contribution in [2.24, 2.45) is 0 Å². The highest BCUT2D eigenvalue weighted by atomic mass is 16.5. The number of ether oxygens (including phenoxy) is 3. The number of carbonyl (C=O) groups is 4. The van der Waals surface area contributed by atoms with E-state index in [2.05, 4.69) is 10.6 Å². The summed E-state index contributed by atoms with van der Waals surface area (Å²) in [6, 6.07) is 20.1. The largest absolute Gasteiger partial charge is 0.497 e. The van der Waals surface area contributed by atoms with E-state index in [1.807, 2.05) is 24.3 Å². The van der Waals surface area contributed by atoms with Gasteiger partial charge in [-0.3, -0.25) is 19.7 Å². The Balaban J connectivity index is 1.53. The molecule has 0 aliphatic heterocycles. The lowest BCUT2D eigenvalue weighted by Crippen LogP contribution is -2.34. The van der Waals surface area contributed by atoms with Crippen LogP contribution in [0.1, 0.15) is 32.7 Å². The maximum absolute atomic E-state index is 12.6. The van der Waals surface area contributed by atoms with Crippen molar-refractivity contribution in [1.29, 1.82) is 0 Å². The third-order valence-electron chi connectivity index (χ3n) is 5.16. The lowest BCUT2D eigenvalue weighted by atomic mass is 10.1. The predicted octanol–water partition coefficient (Wildman–Crippen LogP) is 3.39. The molecular formula is C27H26N2O7. The summed E-state index contributed by atoms with van der Waals surface area (Å²) in [7, 11) is 2.99. The zero-order valence-electron chi connectivity index (χ0n) is 19.9. The standard InChI is InChI=1S/C27H26N2O7/c1-34-19-14-11-18(12-15-19)13-16-24(30)28-22-9-5-3-7-20(22)27(33)36-17-25(31)29-26(32)21-8-4-6-10-23(21)35-2/h3-12,14-15H,13,16-17H2,1-2H3,(H,28,30)(H,29,31,32). The molecule has 9 nitrogen and oxygen atoms in total. The summed E-state index contributed by atoms with van der Waals surface area (Å²) in [5.74, 6) is -1.56. The first-order chi connectivity index (χ1) is 17.4. The quantitative estimate of drug-likeness (QED) is 0.418. The van der Waals surface area contributed by atoms with Crippen LogP contribution in [0.5, 0.6) is 11.5 Å². The minimum absolute atomic E-state index is 0.0825. The van der Waals surface area contributed by atoms with Crippen LogP contribution in [-0.4, -0.2) is 44.5 Å². The molecule has 0 fully saturated rings. The van der Waals surface area contributed by atoms with Crippen LogP contribution in [0.15, 0.2) is 72.8 Å². The molecular weight excluding hydrogens is 464 g/mol. The van der Waals surface area contributed by atoms with Crippen LogP contribution in [-0.2, 0) is 20.7 Å². The van der Waals surface area contributed by atoms with Gasteiger partial charge in [-0.25, -0.2) is 4.79 Å². The Morgan fingerprint density at radius 3 is 2.11 bits per heavy atom. The van der Waals surface area contributed by atoms with Gasteiger partial charge in [0.25, 0.3) is 11.8 Å². The molecule has 0 atom stereocenters. The number of hydrogen-bond acceptors (Lipinski definition) is 7. The van der Waals surface area contributed by atoms with E-state index < -0.39 is 24.4 Å². The third kappa shape index (κ3) is 7.17. The Morgan fingerprint density at radius 1 is 0.750 bits per heavy atom. The topological polar surface area (TPSA) is 120 Å². The minimum Gasteiger partial charge on any atom is -0.497 e. The molecule has 0 aliphatic rings. The molecule has 3 amide bonds. The fourth-order valence-electron chi connectivity index (χ4n) is 3.30. The summed E-state index contributed by atoms with van der Waals surface area (Å²) in [4.78, 5) is 49.5. The molecule has 9 heteroatoms. The number of amides is 3. The van der Waals surface area contributed by atoms with Crippen molar-refractivity contribution in [3.8, 4) is 11.5 Å². The van der Waals surface area contributed by atoms with E-state index in [0.29, 0.717) is 12.2 Å². The molecule has 0 bridgehead atoms. The van der Waals surface area contributed by atoms with E-state index in [0.717, 1.165) is 11.3 Å². The zero-order valence-corrected chi connectivity index (χ0v) is 19.9. The molecule has 36 heavy (non-hydrogen) atoms. The van der Waals surface area contributed by atoms with Gasteiger partial charge in [-0.15, -0.1) is 0 Å². The van der Waals surface area contributed by atoms with Gasteiger partial charge >= 0.3 is 5.97 Å². The second-order valence-electron chi connectivity index (χ2n) is 7.60.